The number of likely N-dealkylation sites (N-methyl/N-ethyl adjacent to an activating group) is 1. The predicted octanol–water partition coefficient (Wildman–Crippen LogP) is 2.03. The first kappa shape index (κ1) is 28.3. The lowest BCUT2D eigenvalue weighted by atomic mass is 10.2. The second-order valence-electron chi connectivity index (χ2n) is 9.84. The molecule has 4 aromatic rings. The Kier molecular flexibility index (Phi) is 8.61. The number of hydrogen-bond donors (Lipinski definition) is 3. The molecule has 0 aromatic carbocycles. The van der Waals surface area contributed by atoms with Gasteiger partial charge in [-0.25, -0.2) is 19.3 Å². The van der Waals surface area contributed by atoms with Gasteiger partial charge in [-0.15, -0.1) is 0 Å². The Bertz CT molecular complexity index is 1570. The van der Waals surface area contributed by atoms with Gasteiger partial charge in [0.25, 0.3) is 0 Å². The number of thiazole rings is 1. The van der Waals surface area contributed by atoms with E-state index in [4.69, 9.17) is 0 Å². The van der Waals surface area contributed by atoms with E-state index in [1.165, 1.54) is 40.6 Å². The molecule has 0 bridgehead atoms. The van der Waals surface area contributed by atoms with Gasteiger partial charge in [0.1, 0.15) is 28.9 Å². The second kappa shape index (κ2) is 12.5. The molecule has 1 unspecified atom stereocenters. The highest BCUT2D eigenvalue weighted by Crippen LogP contribution is 2.31. The van der Waals surface area contributed by atoms with Gasteiger partial charge >= 0.3 is 0 Å². The summed E-state index contributed by atoms with van der Waals surface area (Å²) in [6.07, 6.45) is 9.01. The molecule has 1 fully saturated rings. The largest absolute Gasteiger partial charge is 0.391 e. The van der Waals surface area contributed by atoms with Crippen molar-refractivity contribution in [2.24, 2.45) is 0 Å². The van der Waals surface area contributed by atoms with Crippen molar-refractivity contribution in [2.45, 2.75) is 25.1 Å². The standard InChI is InChI=1S/C27H30FN9O3S/c1-35(2)9-4-6-24(39)37-15-17(38)11-21(37)26(40)30-8-10-36-16-33-19-13-31-23(12-20(19)36)34-27-32-14-22(41-27)25-18(28)5-3-7-29-25/h3-7,12-14,16-17,21,38H,8-11,15H2,1-2H3,(H,30,40)(H,31,32,34)/b6-4+/t17-,21?/m1/s1. The van der Waals surface area contributed by atoms with E-state index in [9.17, 15) is 19.1 Å². The minimum atomic E-state index is -0.746. The van der Waals surface area contributed by atoms with Crippen molar-refractivity contribution in [3.05, 3.63) is 61.1 Å². The van der Waals surface area contributed by atoms with Crippen molar-refractivity contribution in [1.29, 1.82) is 0 Å². The zero-order valence-corrected chi connectivity index (χ0v) is 23.4. The summed E-state index contributed by atoms with van der Waals surface area (Å²) in [7, 11) is 3.79. The van der Waals surface area contributed by atoms with Crippen LogP contribution < -0.4 is 10.6 Å². The van der Waals surface area contributed by atoms with Gasteiger partial charge in [-0.1, -0.05) is 17.4 Å². The topological polar surface area (TPSA) is 141 Å². The molecule has 0 radical (unpaired) electrons. The first-order valence-electron chi connectivity index (χ1n) is 13.0. The van der Waals surface area contributed by atoms with Gasteiger partial charge in [0.05, 0.1) is 29.0 Å². The number of fused-ring (bicyclic) bond motifs is 1. The average Bonchev–Trinajstić information content (AvgIpc) is 3.67. The fourth-order valence-electron chi connectivity index (χ4n) is 4.51. The third-order valence-electron chi connectivity index (χ3n) is 6.49. The first-order chi connectivity index (χ1) is 19.8. The van der Waals surface area contributed by atoms with Crippen molar-refractivity contribution in [2.75, 3.05) is 39.0 Å². The molecule has 1 saturated heterocycles. The first-order valence-corrected chi connectivity index (χ1v) is 13.8. The predicted molar refractivity (Wildman–Crippen MR) is 153 cm³/mol. The van der Waals surface area contributed by atoms with Crippen LogP contribution in [0, 0.1) is 5.82 Å². The zero-order valence-electron chi connectivity index (χ0n) is 22.6. The van der Waals surface area contributed by atoms with Crippen LogP contribution in [-0.4, -0.2) is 97.1 Å². The number of aliphatic hydroxyl groups excluding tert-OH is 1. The summed E-state index contributed by atoms with van der Waals surface area (Å²) in [5, 5.41) is 16.7. The molecule has 14 heteroatoms. The maximum atomic E-state index is 14.1. The number of β-amino-alcohol motifs (C(OH)–C–C–N with tert-alkyl or cyclic N) is 1. The molecule has 3 N–H and O–H groups in total. The summed E-state index contributed by atoms with van der Waals surface area (Å²) in [6, 6.07) is 3.98. The number of amides is 2. The van der Waals surface area contributed by atoms with Gasteiger partial charge in [0, 0.05) is 57.1 Å². The van der Waals surface area contributed by atoms with Gasteiger partial charge in [-0.2, -0.15) is 0 Å². The fraction of sp³-hybridized carbons (Fsp3) is 0.333. The van der Waals surface area contributed by atoms with E-state index in [1.807, 2.05) is 29.6 Å². The van der Waals surface area contributed by atoms with Crippen LogP contribution in [-0.2, 0) is 16.1 Å². The molecule has 1 aliphatic rings. The van der Waals surface area contributed by atoms with Crippen molar-refractivity contribution >= 4 is 45.1 Å². The number of carbonyl (C=O) groups excluding carboxylic acids is 2. The number of pyridine rings is 2. The highest BCUT2D eigenvalue weighted by Gasteiger charge is 2.37. The highest BCUT2D eigenvalue weighted by molar-refractivity contribution is 7.18. The van der Waals surface area contributed by atoms with Gasteiger partial charge < -0.3 is 30.1 Å². The van der Waals surface area contributed by atoms with Crippen LogP contribution in [0.25, 0.3) is 21.6 Å². The lowest BCUT2D eigenvalue weighted by molar-refractivity contribution is -0.135. The zero-order chi connectivity index (χ0) is 28.9. The SMILES string of the molecule is CN(C)C/C=C/C(=O)N1C[C@H](O)CC1C(=O)NCCn1cnc2cnc(Nc3ncc(-c4ncccc4F)s3)cc21. The van der Waals surface area contributed by atoms with Crippen LogP contribution in [0.15, 0.2) is 55.3 Å². The van der Waals surface area contributed by atoms with Crippen LogP contribution in [0.3, 0.4) is 0 Å². The van der Waals surface area contributed by atoms with E-state index in [1.54, 1.807) is 24.8 Å². The molecule has 0 saturated carbocycles. The smallest absolute Gasteiger partial charge is 0.247 e. The molecule has 2 atom stereocenters. The highest BCUT2D eigenvalue weighted by atomic mass is 32.1. The molecular formula is C27H30FN9O3S. The normalized spacial score (nSPS) is 17.1. The summed E-state index contributed by atoms with van der Waals surface area (Å²) >= 11 is 1.26. The minimum Gasteiger partial charge on any atom is -0.391 e. The van der Waals surface area contributed by atoms with Crippen molar-refractivity contribution in [3.63, 3.8) is 0 Å². The van der Waals surface area contributed by atoms with Gasteiger partial charge in [-0.3, -0.25) is 14.6 Å². The van der Waals surface area contributed by atoms with Crippen molar-refractivity contribution in [3.8, 4) is 10.6 Å². The van der Waals surface area contributed by atoms with E-state index in [0.717, 1.165) is 5.52 Å². The fourth-order valence-corrected chi connectivity index (χ4v) is 5.33. The van der Waals surface area contributed by atoms with E-state index in [0.29, 0.717) is 41.0 Å². The number of nitrogens with zero attached hydrogens (tertiary/aromatic N) is 7. The van der Waals surface area contributed by atoms with Gasteiger partial charge in [0.15, 0.2) is 5.13 Å². The Hall–Kier alpha value is -4.27. The van der Waals surface area contributed by atoms with E-state index >= 15 is 0 Å². The summed E-state index contributed by atoms with van der Waals surface area (Å²) in [5.41, 5.74) is 1.71. The molecule has 5 rings (SSSR count). The Morgan fingerprint density at radius 3 is 2.90 bits per heavy atom. The van der Waals surface area contributed by atoms with Crippen molar-refractivity contribution < 1.29 is 19.1 Å². The third-order valence-corrected chi connectivity index (χ3v) is 7.41. The Labute approximate surface area is 239 Å². The average molecular weight is 580 g/mol. The number of nitrogens with one attached hydrogen (secondary N) is 2. The van der Waals surface area contributed by atoms with E-state index < -0.39 is 18.0 Å². The number of anilines is 2. The number of carbonyl (C=O) groups is 2. The van der Waals surface area contributed by atoms with Crippen LogP contribution in [0.2, 0.25) is 0 Å². The monoisotopic (exact) mass is 579 g/mol. The number of halogens is 1. The molecule has 214 valence electrons. The van der Waals surface area contributed by atoms with Crippen LogP contribution in [0.1, 0.15) is 6.42 Å². The number of imidazole rings is 1. The van der Waals surface area contributed by atoms with E-state index in [-0.39, 0.29) is 30.5 Å². The molecular weight excluding hydrogens is 549 g/mol. The summed E-state index contributed by atoms with van der Waals surface area (Å²) in [4.78, 5) is 46.7. The Morgan fingerprint density at radius 2 is 2.10 bits per heavy atom. The molecule has 1 aliphatic heterocycles. The number of aromatic nitrogens is 5. The van der Waals surface area contributed by atoms with E-state index in [2.05, 4.69) is 30.6 Å². The summed E-state index contributed by atoms with van der Waals surface area (Å²) < 4.78 is 16.0. The number of likely N-dealkylation sites (tertiary alicyclic amines) is 1. The molecule has 12 nitrogen and oxygen atoms in total. The lowest BCUT2D eigenvalue weighted by Crippen LogP contribution is -2.46. The van der Waals surface area contributed by atoms with Crippen LogP contribution in [0.4, 0.5) is 15.3 Å². The maximum Gasteiger partial charge on any atom is 0.247 e. The molecule has 5 heterocycles. The molecule has 0 aliphatic carbocycles. The van der Waals surface area contributed by atoms with Gasteiger partial charge in [-0.05, 0) is 26.2 Å². The Balaban J connectivity index is 1.20. The van der Waals surface area contributed by atoms with Crippen LogP contribution in [0.5, 0.6) is 0 Å². The maximum absolute atomic E-state index is 14.1. The number of hydrogen-bond acceptors (Lipinski definition) is 10. The summed E-state index contributed by atoms with van der Waals surface area (Å²) in [6.45, 7) is 1.44. The molecule has 0 spiro atoms. The summed E-state index contributed by atoms with van der Waals surface area (Å²) in [5.74, 6) is -0.497. The van der Waals surface area contributed by atoms with Crippen LogP contribution >= 0.6 is 11.3 Å². The third kappa shape index (κ3) is 6.73. The molecule has 41 heavy (non-hydrogen) atoms. The molecule has 2 amide bonds. The van der Waals surface area contributed by atoms with Gasteiger partial charge in [0.2, 0.25) is 11.8 Å². The lowest BCUT2D eigenvalue weighted by Gasteiger charge is -2.22. The minimum absolute atomic E-state index is 0.121. The van der Waals surface area contributed by atoms with Crippen molar-refractivity contribution in [1.82, 2.24) is 39.6 Å². The number of rotatable bonds is 10. The Morgan fingerprint density at radius 1 is 1.24 bits per heavy atom. The molecule has 4 aromatic heterocycles. The number of aliphatic hydroxyl groups is 1. The second-order valence-corrected chi connectivity index (χ2v) is 10.9. The quantitative estimate of drug-likeness (QED) is 0.241.